The Hall–Kier alpha value is -1.74. The van der Waals surface area contributed by atoms with Gasteiger partial charge in [-0.05, 0) is 19.8 Å². The molecule has 1 fully saturated rings. The monoisotopic (exact) mass is 365 g/mol. The van der Waals surface area contributed by atoms with Crippen molar-refractivity contribution in [2.24, 2.45) is 5.10 Å². The van der Waals surface area contributed by atoms with Crippen molar-refractivity contribution >= 4 is 35.3 Å². The van der Waals surface area contributed by atoms with Crippen LogP contribution in [-0.2, 0) is 4.79 Å². The Bertz CT molecular complexity index is 734. The van der Waals surface area contributed by atoms with Crippen molar-refractivity contribution in [3.8, 4) is 0 Å². The van der Waals surface area contributed by atoms with Crippen LogP contribution in [0.1, 0.15) is 54.5 Å². The molecule has 0 saturated heterocycles. The smallest absolute Gasteiger partial charge is 0.313 e. The van der Waals surface area contributed by atoms with Crippen LogP contribution < -0.4 is 0 Å². The second kappa shape index (κ2) is 7.89. The molecule has 2 aromatic heterocycles. The molecule has 1 saturated carbocycles. The maximum Gasteiger partial charge on any atom is 0.313 e. The number of aryl methyl sites for hydroxylation is 1. The normalized spacial score (nSPS) is 16.0. The number of hydrogen-bond acceptors (Lipinski definition) is 7. The Labute approximate surface area is 148 Å². The molecule has 0 aromatic carbocycles. The maximum absolute atomic E-state index is 10.8. The summed E-state index contributed by atoms with van der Waals surface area (Å²) in [4.78, 5) is 15.2. The van der Waals surface area contributed by atoms with Gasteiger partial charge in [-0.1, -0.05) is 31.0 Å². The van der Waals surface area contributed by atoms with E-state index in [1.54, 1.807) is 22.2 Å². The summed E-state index contributed by atoms with van der Waals surface area (Å²) in [7, 11) is 0. The summed E-state index contributed by atoms with van der Waals surface area (Å²) in [5, 5.41) is 25.3. The zero-order chi connectivity index (χ0) is 16.9. The van der Waals surface area contributed by atoms with E-state index in [4.69, 9.17) is 5.11 Å². The van der Waals surface area contributed by atoms with Crippen LogP contribution >= 0.6 is 23.1 Å². The Balaban J connectivity index is 1.87. The van der Waals surface area contributed by atoms with Gasteiger partial charge in [0.15, 0.2) is 5.82 Å². The summed E-state index contributed by atoms with van der Waals surface area (Å²) >= 11 is 2.71. The minimum absolute atomic E-state index is 0.0614. The van der Waals surface area contributed by atoms with E-state index in [1.807, 2.05) is 12.3 Å². The number of aromatic nitrogens is 4. The maximum atomic E-state index is 10.8. The van der Waals surface area contributed by atoms with Gasteiger partial charge in [0.05, 0.1) is 22.7 Å². The summed E-state index contributed by atoms with van der Waals surface area (Å²) in [6.45, 7) is 1.95. The molecule has 128 valence electrons. The topological polar surface area (TPSA) is 93.3 Å². The average molecular weight is 365 g/mol. The van der Waals surface area contributed by atoms with Crippen LogP contribution in [0.15, 0.2) is 15.6 Å². The number of rotatable bonds is 6. The number of nitrogens with zero attached hydrogens (tertiary/aromatic N) is 5. The van der Waals surface area contributed by atoms with E-state index in [-0.39, 0.29) is 5.75 Å². The van der Waals surface area contributed by atoms with E-state index in [9.17, 15) is 4.79 Å². The van der Waals surface area contributed by atoms with Gasteiger partial charge in [-0.3, -0.25) is 4.79 Å². The molecule has 0 radical (unpaired) electrons. The van der Waals surface area contributed by atoms with Crippen LogP contribution in [-0.4, -0.2) is 42.9 Å². The van der Waals surface area contributed by atoms with Gasteiger partial charge in [0, 0.05) is 11.3 Å². The Morgan fingerprint density at radius 3 is 2.92 bits per heavy atom. The predicted octanol–water partition coefficient (Wildman–Crippen LogP) is 3.15. The largest absolute Gasteiger partial charge is 0.481 e. The van der Waals surface area contributed by atoms with E-state index in [0.29, 0.717) is 11.1 Å². The molecular weight excluding hydrogens is 346 g/mol. The lowest BCUT2D eigenvalue weighted by atomic mass is 9.89. The van der Waals surface area contributed by atoms with Gasteiger partial charge in [0.2, 0.25) is 5.16 Å². The van der Waals surface area contributed by atoms with E-state index in [0.717, 1.165) is 41.1 Å². The van der Waals surface area contributed by atoms with Crippen molar-refractivity contribution in [1.82, 2.24) is 19.9 Å². The third kappa shape index (κ3) is 4.21. The van der Waals surface area contributed by atoms with Crippen LogP contribution in [0.2, 0.25) is 0 Å². The number of carboxylic acid groups (broad SMARTS) is 1. The summed E-state index contributed by atoms with van der Waals surface area (Å²) in [5.41, 5.74) is 0.787. The van der Waals surface area contributed by atoms with Gasteiger partial charge in [-0.25, -0.2) is 4.98 Å². The lowest BCUT2D eigenvalue weighted by Gasteiger charge is -2.20. The molecule has 0 spiro atoms. The van der Waals surface area contributed by atoms with Crippen LogP contribution in [0.3, 0.4) is 0 Å². The fourth-order valence-corrected chi connectivity index (χ4v) is 3.95. The number of aliphatic carboxylic acids is 1. The third-order valence-electron chi connectivity index (χ3n) is 3.87. The SMILES string of the molecule is Cc1nc(/C=N\n2c(SCC(=O)O)nnc2C2CCCCC2)cs1. The van der Waals surface area contributed by atoms with Crippen molar-refractivity contribution in [2.75, 3.05) is 5.75 Å². The van der Waals surface area contributed by atoms with Gasteiger partial charge in [0.25, 0.3) is 0 Å². The molecule has 1 aliphatic rings. The first kappa shape index (κ1) is 17.1. The fraction of sp³-hybridized carbons (Fsp3) is 0.533. The molecule has 1 N–H and O–H groups in total. The lowest BCUT2D eigenvalue weighted by Crippen LogP contribution is -2.11. The highest BCUT2D eigenvalue weighted by Crippen LogP contribution is 2.33. The van der Waals surface area contributed by atoms with Crippen LogP contribution in [0.5, 0.6) is 0 Å². The minimum atomic E-state index is -0.882. The number of carbonyl (C=O) groups is 1. The molecule has 0 bridgehead atoms. The highest BCUT2D eigenvalue weighted by Gasteiger charge is 2.23. The molecule has 2 heterocycles. The molecule has 24 heavy (non-hydrogen) atoms. The third-order valence-corrected chi connectivity index (χ3v) is 5.57. The molecule has 0 amide bonds. The van der Waals surface area contributed by atoms with Crippen molar-refractivity contribution < 1.29 is 9.90 Å². The van der Waals surface area contributed by atoms with Crippen LogP contribution in [0.4, 0.5) is 0 Å². The zero-order valence-corrected chi connectivity index (χ0v) is 15.0. The Morgan fingerprint density at radius 1 is 1.46 bits per heavy atom. The molecule has 7 nitrogen and oxygen atoms in total. The van der Waals surface area contributed by atoms with Gasteiger partial charge >= 0.3 is 5.97 Å². The second-order valence-corrected chi connectivity index (χ2v) is 7.71. The first-order valence-corrected chi connectivity index (χ1v) is 9.76. The van der Waals surface area contributed by atoms with Crippen molar-refractivity contribution in [2.45, 2.75) is 50.1 Å². The summed E-state index contributed by atoms with van der Waals surface area (Å²) in [5.74, 6) is 0.215. The summed E-state index contributed by atoms with van der Waals surface area (Å²) < 4.78 is 1.69. The molecule has 0 aliphatic heterocycles. The highest BCUT2D eigenvalue weighted by atomic mass is 32.2. The standard InChI is InChI=1S/C15H19N5O2S2/c1-10-17-12(8-23-10)7-16-20-14(11-5-3-2-4-6-11)18-19-15(20)24-9-13(21)22/h7-8,11H,2-6,9H2,1H3,(H,21,22)/b16-7-. The van der Waals surface area contributed by atoms with Crippen molar-refractivity contribution in [3.63, 3.8) is 0 Å². The first-order valence-electron chi connectivity index (χ1n) is 7.90. The van der Waals surface area contributed by atoms with E-state index >= 15 is 0 Å². The van der Waals surface area contributed by atoms with Gasteiger partial charge in [-0.2, -0.15) is 9.78 Å². The van der Waals surface area contributed by atoms with E-state index in [2.05, 4.69) is 20.3 Å². The minimum Gasteiger partial charge on any atom is -0.481 e. The fourth-order valence-electron chi connectivity index (χ4n) is 2.77. The lowest BCUT2D eigenvalue weighted by molar-refractivity contribution is -0.133. The molecule has 1 aliphatic carbocycles. The predicted molar refractivity (Wildman–Crippen MR) is 94.1 cm³/mol. The highest BCUT2D eigenvalue weighted by molar-refractivity contribution is 7.99. The molecule has 0 atom stereocenters. The van der Waals surface area contributed by atoms with Crippen molar-refractivity contribution in [1.29, 1.82) is 0 Å². The van der Waals surface area contributed by atoms with Crippen LogP contribution in [0.25, 0.3) is 0 Å². The zero-order valence-electron chi connectivity index (χ0n) is 13.4. The average Bonchev–Trinajstić information content (AvgIpc) is 3.17. The number of hydrogen-bond donors (Lipinski definition) is 1. The molecule has 3 rings (SSSR count). The van der Waals surface area contributed by atoms with E-state index in [1.165, 1.54) is 19.3 Å². The van der Waals surface area contributed by atoms with Gasteiger partial charge in [0.1, 0.15) is 0 Å². The van der Waals surface area contributed by atoms with Crippen LogP contribution in [0, 0.1) is 6.92 Å². The Morgan fingerprint density at radius 2 is 2.25 bits per heavy atom. The number of carboxylic acids is 1. The molecule has 0 unspecified atom stereocenters. The van der Waals surface area contributed by atoms with E-state index < -0.39 is 5.97 Å². The first-order chi connectivity index (χ1) is 11.6. The molecular formula is C15H19N5O2S2. The Kier molecular flexibility index (Phi) is 5.62. The van der Waals surface area contributed by atoms with Crippen molar-refractivity contribution in [3.05, 3.63) is 21.9 Å². The number of thioether (sulfide) groups is 1. The summed E-state index contributed by atoms with van der Waals surface area (Å²) in [6, 6.07) is 0. The molecule has 2 aromatic rings. The molecule has 9 heteroatoms. The quantitative estimate of drug-likeness (QED) is 0.624. The second-order valence-electron chi connectivity index (χ2n) is 5.71. The number of thiazole rings is 1. The summed E-state index contributed by atoms with van der Waals surface area (Å²) in [6.07, 6.45) is 7.46. The van der Waals surface area contributed by atoms with Gasteiger partial charge in [-0.15, -0.1) is 21.5 Å². The van der Waals surface area contributed by atoms with Gasteiger partial charge < -0.3 is 5.11 Å².